The monoisotopic (exact) mass is 251 g/mol. The van der Waals surface area contributed by atoms with E-state index in [9.17, 15) is 5.11 Å². The summed E-state index contributed by atoms with van der Waals surface area (Å²) in [5.41, 5.74) is 1.02. The van der Waals surface area contributed by atoms with Crippen LogP contribution in [0.15, 0.2) is 30.3 Å². The van der Waals surface area contributed by atoms with E-state index < -0.39 is 6.10 Å². The normalized spacial score (nSPS) is 15.4. The van der Waals surface area contributed by atoms with E-state index in [4.69, 9.17) is 4.74 Å². The highest BCUT2D eigenvalue weighted by molar-refractivity contribution is 5.17. The van der Waals surface area contributed by atoms with Gasteiger partial charge in [0.05, 0.1) is 18.3 Å². The van der Waals surface area contributed by atoms with E-state index in [1.165, 1.54) is 5.56 Å². The van der Waals surface area contributed by atoms with Crippen LogP contribution in [-0.2, 0) is 4.74 Å². The minimum atomic E-state index is -0.476. The maximum Gasteiger partial charge on any atom is 0.0898 e. The summed E-state index contributed by atoms with van der Waals surface area (Å²) in [4.78, 5) is 0. The third-order valence-electron chi connectivity index (χ3n) is 2.67. The van der Waals surface area contributed by atoms with Crippen LogP contribution in [0, 0.1) is 0 Å². The first-order valence-corrected chi connectivity index (χ1v) is 6.49. The highest BCUT2D eigenvalue weighted by Crippen LogP contribution is 2.11. The van der Waals surface area contributed by atoms with Gasteiger partial charge in [-0.05, 0) is 33.3 Å². The van der Waals surface area contributed by atoms with Crippen LogP contribution in [0.5, 0.6) is 0 Å². The van der Waals surface area contributed by atoms with Crippen molar-refractivity contribution in [2.75, 3.05) is 13.2 Å². The predicted molar refractivity (Wildman–Crippen MR) is 74.6 cm³/mol. The number of hydrogen-bond acceptors (Lipinski definition) is 3. The van der Waals surface area contributed by atoms with Crippen molar-refractivity contribution < 1.29 is 9.84 Å². The average Bonchev–Trinajstić information content (AvgIpc) is 2.33. The Hall–Kier alpha value is -0.900. The molecule has 0 aromatic heterocycles. The molecule has 1 rings (SSSR count). The molecule has 1 unspecified atom stereocenters. The maximum absolute atomic E-state index is 9.82. The largest absolute Gasteiger partial charge is 0.389 e. The molecule has 0 fully saturated rings. The highest BCUT2D eigenvalue weighted by Gasteiger charge is 2.14. The van der Waals surface area contributed by atoms with Gasteiger partial charge < -0.3 is 15.2 Å². The van der Waals surface area contributed by atoms with Crippen LogP contribution < -0.4 is 5.32 Å². The zero-order chi connectivity index (χ0) is 13.6. The summed E-state index contributed by atoms with van der Waals surface area (Å²) in [5, 5.41) is 13.1. The fourth-order valence-electron chi connectivity index (χ4n) is 1.58. The molecule has 0 amide bonds. The van der Waals surface area contributed by atoms with Crippen molar-refractivity contribution >= 4 is 0 Å². The quantitative estimate of drug-likeness (QED) is 0.816. The van der Waals surface area contributed by atoms with Crippen LogP contribution >= 0.6 is 0 Å². The molecular weight excluding hydrogens is 226 g/mol. The molecule has 18 heavy (non-hydrogen) atoms. The van der Waals surface area contributed by atoms with Gasteiger partial charge >= 0.3 is 0 Å². The Kier molecular flexibility index (Phi) is 5.79. The van der Waals surface area contributed by atoms with E-state index in [2.05, 4.69) is 24.4 Å². The molecule has 0 saturated carbocycles. The highest BCUT2D eigenvalue weighted by atomic mass is 16.5. The molecule has 0 aliphatic heterocycles. The molecule has 2 N–H and O–H groups in total. The van der Waals surface area contributed by atoms with Crippen molar-refractivity contribution in [2.45, 2.75) is 45.4 Å². The fourth-order valence-corrected chi connectivity index (χ4v) is 1.58. The summed E-state index contributed by atoms with van der Waals surface area (Å²) in [7, 11) is 0. The second-order valence-corrected chi connectivity index (χ2v) is 5.62. The van der Waals surface area contributed by atoms with Crippen LogP contribution in [0.4, 0.5) is 0 Å². The Labute approximate surface area is 110 Å². The number of rotatable bonds is 6. The van der Waals surface area contributed by atoms with Crippen molar-refractivity contribution in [3.05, 3.63) is 35.9 Å². The topological polar surface area (TPSA) is 41.5 Å². The molecule has 1 aromatic rings. The third-order valence-corrected chi connectivity index (χ3v) is 2.67. The van der Waals surface area contributed by atoms with Gasteiger partial charge in [0, 0.05) is 12.6 Å². The van der Waals surface area contributed by atoms with E-state index in [0.717, 1.165) is 0 Å². The Bertz CT molecular complexity index is 332. The Morgan fingerprint density at radius 2 is 1.83 bits per heavy atom. The van der Waals surface area contributed by atoms with Crippen molar-refractivity contribution in [1.82, 2.24) is 5.32 Å². The van der Waals surface area contributed by atoms with Crippen molar-refractivity contribution in [2.24, 2.45) is 0 Å². The number of benzene rings is 1. The first-order valence-electron chi connectivity index (χ1n) is 6.49. The summed E-state index contributed by atoms with van der Waals surface area (Å²) in [6.07, 6.45) is -0.476. The Morgan fingerprint density at radius 3 is 2.39 bits per heavy atom. The first-order chi connectivity index (χ1) is 8.38. The lowest BCUT2D eigenvalue weighted by atomic mass is 10.1. The maximum atomic E-state index is 9.82. The van der Waals surface area contributed by atoms with Crippen LogP contribution in [0.1, 0.15) is 39.3 Å². The van der Waals surface area contributed by atoms with Crippen LogP contribution in [0.25, 0.3) is 0 Å². The SMILES string of the molecule is C[C@H](NCC(O)COC(C)(C)C)c1ccccc1. The van der Waals surface area contributed by atoms with Gasteiger partial charge in [0.15, 0.2) is 0 Å². The van der Waals surface area contributed by atoms with Gasteiger partial charge in [0.25, 0.3) is 0 Å². The number of hydrogen-bond donors (Lipinski definition) is 2. The van der Waals surface area contributed by atoms with Gasteiger partial charge in [-0.3, -0.25) is 0 Å². The number of aliphatic hydroxyl groups excluding tert-OH is 1. The fraction of sp³-hybridized carbons (Fsp3) is 0.600. The second kappa shape index (κ2) is 6.88. The molecule has 0 radical (unpaired) electrons. The molecule has 0 bridgehead atoms. The van der Waals surface area contributed by atoms with Gasteiger partial charge in [-0.2, -0.15) is 0 Å². The lowest BCUT2D eigenvalue weighted by Crippen LogP contribution is -2.34. The van der Waals surface area contributed by atoms with Gasteiger partial charge in [-0.1, -0.05) is 30.3 Å². The number of ether oxygens (including phenoxy) is 1. The summed E-state index contributed by atoms with van der Waals surface area (Å²) in [6, 6.07) is 10.4. The average molecular weight is 251 g/mol. The molecule has 102 valence electrons. The second-order valence-electron chi connectivity index (χ2n) is 5.62. The Morgan fingerprint density at radius 1 is 1.22 bits per heavy atom. The van der Waals surface area contributed by atoms with Crippen molar-refractivity contribution in [1.29, 1.82) is 0 Å². The van der Waals surface area contributed by atoms with E-state index >= 15 is 0 Å². The summed E-state index contributed by atoms with van der Waals surface area (Å²) in [5.74, 6) is 0. The molecule has 1 aromatic carbocycles. The molecule has 2 atom stereocenters. The number of nitrogens with one attached hydrogen (secondary N) is 1. The number of aliphatic hydroxyl groups is 1. The smallest absolute Gasteiger partial charge is 0.0898 e. The predicted octanol–water partition coefficient (Wildman–Crippen LogP) is 2.51. The minimum Gasteiger partial charge on any atom is -0.389 e. The van der Waals surface area contributed by atoms with Crippen molar-refractivity contribution in [3.8, 4) is 0 Å². The van der Waals surface area contributed by atoms with Crippen LogP contribution in [-0.4, -0.2) is 30.0 Å². The molecule has 0 aliphatic rings. The standard InChI is InChI=1S/C15H25NO2/c1-12(13-8-6-5-7-9-13)16-10-14(17)11-18-15(2,3)4/h5-9,12,14,16-17H,10-11H2,1-4H3/t12-,14?/m0/s1. The third kappa shape index (κ3) is 6.15. The minimum absolute atomic E-state index is 0.202. The lowest BCUT2D eigenvalue weighted by molar-refractivity contribution is -0.0482. The van der Waals surface area contributed by atoms with E-state index in [-0.39, 0.29) is 11.6 Å². The van der Waals surface area contributed by atoms with Crippen molar-refractivity contribution in [3.63, 3.8) is 0 Å². The summed E-state index contributed by atoms with van der Waals surface area (Å²) >= 11 is 0. The zero-order valence-electron chi connectivity index (χ0n) is 11.8. The molecule has 0 aliphatic carbocycles. The van der Waals surface area contributed by atoms with E-state index in [1.807, 2.05) is 39.0 Å². The Balaban J connectivity index is 2.28. The first kappa shape index (κ1) is 15.2. The van der Waals surface area contributed by atoms with Gasteiger partial charge in [0.2, 0.25) is 0 Å². The summed E-state index contributed by atoms with van der Waals surface area (Å²) < 4.78 is 5.54. The molecular formula is C15H25NO2. The molecule has 3 heteroatoms. The van der Waals surface area contributed by atoms with E-state index in [0.29, 0.717) is 13.2 Å². The lowest BCUT2D eigenvalue weighted by Gasteiger charge is -2.23. The van der Waals surface area contributed by atoms with Gasteiger partial charge in [-0.25, -0.2) is 0 Å². The zero-order valence-corrected chi connectivity index (χ0v) is 11.8. The molecule has 3 nitrogen and oxygen atoms in total. The van der Waals surface area contributed by atoms with Crippen LogP contribution in [0.2, 0.25) is 0 Å². The van der Waals surface area contributed by atoms with E-state index in [1.54, 1.807) is 0 Å². The van der Waals surface area contributed by atoms with Gasteiger partial charge in [0.1, 0.15) is 0 Å². The van der Waals surface area contributed by atoms with Crippen LogP contribution in [0.3, 0.4) is 0 Å². The molecule has 0 saturated heterocycles. The van der Waals surface area contributed by atoms with Gasteiger partial charge in [-0.15, -0.1) is 0 Å². The molecule has 0 heterocycles. The summed E-state index contributed by atoms with van der Waals surface area (Å²) in [6.45, 7) is 8.94. The molecule has 0 spiro atoms.